The Morgan fingerprint density at radius 3 is 2.52 bits per heavy atom. The van der Waals surface area contributed by atoms with Gasteiger partial charge in [-0.15, -0.1) is 12.4 Å². The van der Waals surface area contributed by atoms with Crippen LogP contribution in [-0.4, -0.2) is 18.5 Å². The number of hydrogen-bond acceptors (Lipinski definition) is 3. The fourth-order valence-corrected chi connectivity index (χ4v) is 2.87. The molecular formula is C20H25ClN2O2. The van der Waals surface area contributed by atoms with E-state index >= 15 is 0 Å². The quantitative estimate of drug-likeness (QED) is 0.795. The summed E-state index contributed by atoms with van der Waals surface area (Å²) in [5.74, 6) is 0.947. The van der Waals surface area contributed by atoms with Crippen LogP contribution in [0.5, 0.6) is 5.75 Å². The maximum atomic E-state index is 11.9. The van der Waals surface area contributed by atoms with Crippen molar-refractivity contribution in [3.63, 3.8) is 0 Å². The number of benzene rings is 2. The van der Waals surface area contributed by atoms with Crippen molar-refractivity contribution in [1.82, 2.24) is 10.6 Å². The van der Waals surface area contributed by atoms with Gasteiger partial charge in [0.2, 0.25) is 5.91 Å². The number of carbonyl (C=O) groups is 1. The maximum absolute atomic E-state index is 11.9. The summed E-state index contributed by atoms with van der Waals surface area (Å²) in [6.07, 6.45) is 2.83. The van der Waals surface area contributed by atoms with Crippen molar-refractivity contribution in [2.75, 3.05) is 6.54 Å². The molecule has 0 aliphatic carbocycles. The van der Waals surface area contributed by atoms with Crippen molar-refractivity contribution >= 4 is 18.3 Å². The molecule has 1 atom stereocenters. The Kier molecular flexibility index (Phi) is 7.76. The molecule has 1 aliphatic rings. The van der Waals surface area contributed by atoms with Crippen LogP contribution in [-0.2, 0) is 17.9 Å². The summed E-state index contributed by atoms with van der Waals surface area (Å²) in [6, 6.07) is 18.3. The predicted octanol–water partition coefficient (Wildman–Crippen LogP) is 3.45. The molecule has 0 bridgehead atoms. The van der Waals surface area contributed by atoms with E-state index < -0.39 is 0 Å². The molecule has 0 aromatic heterocycles. The van der Waals surface area contributed by atoms with Gasteiger partial charge in [0.25, 0.3) is 0 Å². The lowest BCUT2D eigenvalue weighted by Crippen LogP contribution is -2.31. The van der Waals surface area contributed by atoms with Crippen molar-refractivity contribution in [2.24, 2.45) is 0 Å². The lowest BCUT2D eigenvalue weighted by Gasteiger charge is -2.11. The monoisotopic (exact) mass is 360 g/mol. The van der Waals surface area contributed by atoms with Crippen molar-refractivity contribution in [1.29, 1.82) is 0 Å². The third kappa shape index (κ3) is 6.40. The van der Waals surface area contributed by atoms with E-state index in [9.17, 15) is 4.79 Å². The van der Waals surface area contributed by atoms with E-state index in [1.165, 1.54) is 6.42 Å². The fraction of sp³-hybridized carbons (Fsp3) is 0.350. The zero-order chi connectivity index (χ0) is 16.6. The first kappa shape index (κ1) is 19.3. The molecule has 4 nitrogen and oxygen atoms in total. The largest absolute Gasteiger partial charge is 0.489 e. The Morgan fingerprint density at radius 2 is 1.84 bits per heavy atom. The smallest absolute Gasteiger partial charge is 0.221 e. The first-order valence-electron chi connectivity index (χ1n) is 8.55. The number of ether oxygens (including phenoxy) is 1. The van der Waals surface area contributed by atoms with Gasteiger partial charge >= 0.3 is 0 Å². The van der Waals surface area contributed by atoms with Crippen LogP contribution < -0.4 is 15.4 Å². The van der Waals surface area contributed by atoms with Gasteiger partial charge in [-0.2, -0.15) is 0 Å². The third-order valence-electron chi connectivity index (χ3n) is 4.26. The Labute approximate surface area is 155 Å². The van der Waals surface area contributed by atoms with Gasteiger partial charge in [-0.3, -0.25) is 4.79 Å². The first-order chi connectivity index (χ1) is 11.8. The van der Waals surface area contributed by atoms with Crippen LogP contribution in [0.25, 0.3) is 0 Å². The summed E-state index contributed by atoms with van der Waals surface area (Å²) in [4.78, 5) is 11.9. The summed E-state index contributed by atoms with van der Waals surface area (Å²) in [5, 5.41) is 6.33. The SMILES string of the molecule is Cl.O=C(CC1CCCN1)NCc1ccc(OCc2ccccc2)cc1. The lowest BCUT2D eigenvalue weighted by atomic mass is 10.1. The maximum Gasteiger partial charge on any atom is 0.221 e. The topological polar surface area (TPSA) is 50.4 Å². The van der Waals surface area contributed by atoms with E-state index in [1.807, 2.05) is 54.6 Å². The summed E-state index contributed by atoms with van der Waals surface area (Å²) in [5.41, 5.74) is 2.23. The normalized spacial score (nSPS) is 16.1. The molecule has 0 spiro atoms. The van der Waals surface area contributed by atoms with Crippen molar-refractivity contribution in [3.8, 4) is 5.75 Å². The first-order valence-corrected chi connectivity index (χ1v) is 8.55. The molecule has 2 aromatic rings. The Hall–Kier alpha value is -2.04. The summed E-state index contributed by atoms with van der Waals surface area (Å²) in [6.45, 7) is 2.15. The van der Waals surface area contributed by atoms with Gasteiger partial charge in [-0.05, 0) is 42.6 Å². The number of amides is 1. The Morgan fingerprint density at radius 1 is 1.08 bits per heavy atom. The molecule has 1 heterocycles. The number of rotatable bonds is 7. The highest BCUT2D eigenvalue weighted by molar-refractivity contribution is 5.85. The van der Waals surface area contributed by atoms with Crippen LogP contribution in [0, 0.1) is 0 Å². The molecule has 5 heteroatoms. The number of hydrogen-bond donors (Lipinski definition) is 2. The van der Waals surface area contributed by atoms with Gasteiger partial charge in [0.1, 0.15) is 12.4 Å². The molecule has 1 unspecified atom stereocenters. The van der Waals surface area contributed by atoms with Gasteiger partial charge in [-0.25, -0.2) is 0 Å². The third-order valence-corrected chi connectivity index (χ3v) is 4.26. The molecule has 1 fully saturated rings. The van der Waals surface area contributed by atoms with Crippen LogP contribution in [0.3, 0.4) is 0 Å². The van der Waals surface area contributed by atoms with Crippen molar-refractivity contribution < 1.29 is 9.53 Å². The fourth-order valence-electron chi connectivity index (χ4n) is 2.87. The molecule has 2 N–H and O–H groups in total. The number of carbonyl (C=O) groups excluding carboxylic acids is 1. The minimum Gasteiger partial charge on any atom is -0.489 e. The van der Waals surface area contributed by atoms with Crippen molar-refractivity contribution in [3.05, 3.63) is 65.7 Å². The van der Waals surface area contributed by atoms with Crippen LogP contribution in [0.4, 0.5) is 0 Å². The van der Waals surface area contributed by atoms with Gasteiger partial charge in [-0.1, -0.05) is 42.5 Å². The van der Waals surface area contributed by atoms with Crippen LogP contribution in [0.15, 0.2) is 54.6 Å². The average molecular weight is 361 g/mol. The summed E-state index contributed by atoms with van der Waals surface area (Å²) in [7, 11) is 0. The van der Waals surface area contributed by atoms with Gasteiger partial charge in [0, 0.05) is 19.0 Å². The molecule has 1 aliphatic heterocycles. The molecule has 134 valence electrons. The van der Waals surface area contributed by atoms with Gasteiger partial charge < -0.3 is 15.4 Å². The van der Waals surface area contributed by atoms with Crippen LogP contribution in [0.2, 0.25) is 0 Å². The lowest BCUT2D eigenvalue weighted by molar-refractivity contribution is -0.121. The highest BCUT2D eigenvalue weighted by atomic mass is 35.5. The second-order valence-corrected chi connectivity index (χ2v) is 6.19. The molecule has 25 heavy (non-hydrogen) atoms. The van der Waals surface area contributed by atoms with E-state index in [1.54, 1.807) is 0 Å². The van der Waals surface area contributed by atoms with Crippen LogP contribution in [0.1, 0.15) is 30.4 Å². The van der Waals surface area contributed by atoms with Crippen LogP contribution >= 0.6 is 12.4 Å². The van der Waals surface area contributed by atoms with E-state index in [0.717, 1.165) is 29.8 Å². The average Bonchev–Trinajstić information content (AvgIpc) is 3.13. The minimum absolute atomic E-state index is 0. The highest BCUT2D eigenvalue weighted by Gasteiger charge is 2.17. The second-order valence-electron chi connectivity index (χ2n) is 6.19. The van der Waals surface area contributed by atoms with Gasteiger partial charge in [0.05, 0.1) is 0 Å². The van der Waals surface area contributed by atoms with Gasteiger partial charge in [0.15, 0.2) is 0 Å². The molecule has 3 rings (SSSR count). The standard InChI is InChI=1S/C20H24N2O2.ClH/c23-20(13-18-7-4-12-21-18)22-14-16-8-10-19(11-9-16)24-15-17-5-2-1-3-6-17;/h1-3,5-6,8-11,18,21H,4,7,12-15H2,(H,22,23);1H. The minimum atomic E-state index is 0. The molecular weight excluding hydrogens is 336 g/mol. The van der Waals surface area contributed by atoms with E-state index in [0.29, 0.717) is 25.6 Å². The summed E-state index contributed by atoms with van der Waals surface area (Å²) >= 11 is 0. The van der Waals surface area contributed by atoms with Crippen molar-refractivity contribution in [2.45, 2.75) is 38.5 Å². The van der Waals surface area contributed by atoms with E-state index in [4.69, 9.17) is 4.74 Å². The Bertz CT molecular complexity index is 641. The Balaban J connectivity index is 0.00000225. The zero-order valence-corrected chi connectivity index (χ0v) is 15.1. The number of halogens is 1. The van der Waals surface area contributed by atoms with E-state index in [2.05, 4.69) is 10.6 Å². The predicted molar refractivity (Wildman–Crippen MR) is 102 cm³/mol. The molecule has 0 saturated carbocycles. The van der Waals surface area contributed by atoms with E-state index in [-0.39, 0.29) is 18.3 Å². The highest BCUT2D eigenvalue weighted by Crippen LogP contribution is 2.14. The molecule has 1 saturated heterocycles. The molecule has 1 amide bonds. The second kappa shape index (κ2) is 10.1. The zero-order valence-electron chi connectivity index (χ0n) is 14.2. The molecule has 0 radical (unpaired) electrons. The molecule has 2 aromatic carbocycles. The number of nitrogens with one attached hydrogen (secondary N) is 2. The summed E-state index contributed by atoms with van der Waals surface area (Å²) < 4.78 is 5.77.